The highest BCUT2D eigenvalue weighted by Crippen LogP contribution is 2.20. The summed E-state index contributed by atoms with van der Waals surface area (Å²) in [7, 11) is 0. The molecule has 0 spiro atoms. The molecular formula is C15H19N3O2. The Morgan fingerprint density at radius 1 is 1.45 bits per heavy atom. The third-order valence-corrected chi connectivity index (χ3v) is 3.68. The van der Waals surface area contributed by atoms with Crippen molar-refractivity contribution in [3.05, 3.63) is 34.9 Å². The zero-order chi connectivity index (χ0) is 14.1. The monoisotopic (exact) mass is 273 g/mol. The van der Waals surface area contributed by atoms with Crippen molar-refractivity contribution in [1.29, 1.82) is 0 Å². The molecule has 2 aromatic rings. The summed E-state index contributed by atoms with van der Waals surface area (Å²) in [5.41, 5.74) is 2.06. The van der Waals surface area contributed by atoms with Crippen LogP contribution in [0, 0.1) is 6.92 Å². The van der Waals surface area contributed by atoms with Crippen LogP contribution in [0.2, 0.25) is 0 Å². The van der Waals surface area contributed by atoms with E-state index in [9.17, 15) is 4.79 Å². The number of carbonyl (C=O) groups excluding carboxylic acids is 1. The van der Waals surface area contributed by atoms with E-state index in [2.05, 4.69) is 10.4 Å². The van der Waals surface area contributed by atoms with Gasteiger partial charge in [0.15, 0.2) is 11.6 Å². The molecule has 0 saturated heterocycles. The van der Waals surface area contributed by atoms with Crippen LogP contribution in [0.15, 0.2) is 16.5 Å². The lowest BCUT2D eigenvalue weighted by atomic mass is 10.1. The number of nitrogens with zero attached hydrogens (tertiary/aromatic N) is 2. The quantitative estimate of drug-likeness (QED) is 0.935. The summed E-state index contributed by atoms with van der Waals surface area (Å²) in [5, 5.41) is 7.24. The molecule has 5 nitrogen and oxygen atoms in total. The third kappa shape index (κ3) is 2.35. The maximum absolute atomic E-state index is 12.2. The van der Waals surface area contributed by atoms with E-state index in [4.69, 9.17) is 4.42 Å². The molecule has 0 aromatic carbocycles. The van der Waals surface area contributed by atoms with Gasteiger partial charge >= 0.3 is 0 Å². The van der Waals surface area contributed by atoms with Crippen LogP contribution in [-0.2, 0) is 19.4 Å². The average Bonchev–Trinajstić information content (AvgIpc) is 3.01. The fourth-order valence-electron chi connectivity index (χ4n) is 2.60. The second-order valence-corrected chi connectivity index (χ2v) is 5.23. The first-order chi connectivity index (χ1) is 9.67. The molecule has 1 amide bonds. The molecule has 1 aliphatic rings. The Balaban J connectivity index is 1.78. The number of carbonyl (C=O) groups is 1. The highest BCUT2D eigenvalue weighted by atomic mass is 16.4. The summed E-state index contributed by atoms with van der Waals surface area (Å²) >= 11 is 0. The lowest BCUT2D eigenvalue weighted by molar-refractivity contribution is 0.0993. The van der Waals surface area contributed by atoms with Crippen molar-refractivity contribution in [3.63, 3.8) is 0 Å². The number of anilines is 1. The first-order valence-corrected chi connectivity index (χ1v) is 7.14. The average molecular weight is 273 g/mol. The number of aryl methyl sites for hydroxylation is 4. The second kappa shape index (κ2) is 5.15. The molecule has 0 bridgehead atoms. The summed E-state index contributed by atoms with van der Waals surface area (Å²) in [6.07, 6.45) is 4.16. The van der Waals surface area contributed by atoms with Gasteiger partial charge in [-0.15, -0.1) is 0 Å². The Labute approximate surface area is 118 Å². The Bertz CT molecular complexity index is 616. The molecule has 2 aromatic heterocycles. The van der Waals surface area contributed by atoms with E-state index in [0.29, 0.717) is 11.6 Å². The number of hydrogen-bond acceptors (Lipinski definition) is 3. The van der Waals surface area contributed by atoms with Gasteiger partial charge in [0.25, 0.3) is 5.91 Å². The number of amides is 1. The van der Waals surface area contributed by atoms with E-state index in [1.165, 1.54) is 12.1 Å². The minimum Gasteiger partial charge on any atom is -0.456 e. The van der Waals surface area contributed by atoms with Crippen molar-refractivity contribution in [2.24, 2.45) is 0 Å². The fraction of sp³-hybridized carbons (Fsp3) is 0.467. The lowest BCUT2D eigenvalue weighted by Crippen LogP contribution is -2.13. The number of rotatable bonds is 3. The first kappa shape index (κ1) is 13.0. The third-order valence-electron chi connectivity index (χ3n) is 3.68. The molecule has 1 N–H and O–H groups in total. The van der Waals surface area contributed by atoms with Crippen molar-refractivity contribution in [1.82, 2.24) is 9.78 Å². The molecule has 106 valence electrons. The van der Waals surface area contributed by atoms with Crippen molar-refractivity contribution in [2.75, 3.05) is 5.32 Å². The molecule has 0 saturated carbocycles. The standard InChI is InChI=1S/C15H19N3O2/c1-3-12-8-10(2)14(20-12)15(19)16-13-9-11-6-4-5-7-18(11)17-13/h8-9H,3-7H2,1-2H3,(H,16,17,19). The van der Waals surface area contributed by atoms with Crippen LogP contribution in [0.25, 0.3) is 0 Å². The summed E-state index contributed by atoms with van der Waals surface area (Å²) < 4.78 is 7.53. The predicted octanol–water partition coefficient (Wildman–Crippen LogP) is 2.94. The molecule has 0 radical (unpaired) electrons. The fourth-order valence-corrected chi connectivity index (χ4v) is 2.60. The number of furan rings is 1. The molecule has 3 rings (SSSR count). The minimum absolute atomic E-state index is 0.224. The van der Waals surface area contributed by atoms with Crippen molar-refractivity contribution < 1.29 is 9.21 Å². The van der Waals surface area contributed by atoms with Gasteiger partial charge in [-0.25, -0.2) is 0 Å². The lowest BCUT2D eigenvalue weighted by Gasteiger charge is -2.11. The van der Waals surface area contributed by atoms with Gasteiger partial charge in [0.2, 0.25) is 0 Å². The Morgan fingerprint density at radius 3 is 3.00 bits per heavy atom. The number of aromatic nitrogens is 2. The number of nitrogens with one attached hydrogen (secondary N) is 1. The van der Waals surface area contributed by atoms with Gasteiger partial charge in [0.05, 0.1) is 0 Å². The molecule has 1 aliphatic heterocycles. The topological polar surface area (TPSA) is 60.1 Å². The van der Waals surface area contributed by atoms with Gasteiger partial charge < -0.3 is 9.73 Å². The molecule has 20 heavy (non-hydrogen) atoms. The van der Waals surface area contributed by atoms with Gasteiger partial charge in [0.1, 0.15) is 5.76 Å². The summed E-state index contributed by atoms with van der Waals surface area (Å²) in [4.78, 5) is 12.2. The molecular weight excluding hydrogens is 254 g/mol. The van der Waals surface area contributed by atoms with Crippen LogP contribution in [0.1, 0.15) is 47.3 Å². The Kier molecular flexibility index (Phi) is 3.34. The van der Waals surface area contributed by atoms with E-state index < -0.39 is 0 Å². The summed E-state index contributed by atoms with van der Waals surface area (Å²) in [5.74, 6) is 1.60. The van der Waals surface area contributed by atoms with Gasteiger partial charge in [-0.2, -0.15) is 5.10 Å². The number of hydrogen-bond donors (Lipinski definition) is 1. The normalized spacial score (nSPS) is 14.1. The largest absolute Gasteiger partial charge is 0.456 e. The first-order valence-electron chi connectivity index (χ1n) is 7.14. The molecule has 0 fully saturated rings. The van der Waals surface area contributed by atoms with E-state index >= 15 is 0 Å². The summed E-state index contributed by atoms with van der Waals surface area (Å²) in [6.45, 7) is 4.82. The zero-order valence-corrected chi connectivity index (χ0v) is 11.9. The van der Waals surface area contributed by atoms with Crippen LogP contribution < -0.4 is 5.32 Å². The highest BCUT2D eigenvalue weighted by Gasteiger charge is 2.18. The Hall–Kier alpha value is -2.04. The van der Waals surface area contributed by atoms with E-state index in [-0.39, 0.29) is 5.91 Å². The Morgan fingerprint density at radius 2 is 2.30 bits per heavy atom. The molecule has 0 atom stereocenters. The van der Waals surface area contributed by atoms with Crippen molar-refractivity contribution >= 4 is 11.7 Å². The maximum atomic E-state index is 12.2. The van der Waals surface area contributed by atoms with Gasteiger partial charge in [0, 0.05) is 30.3 Å². The van der Waals surface area contributed by atoms with E-state index in [1.807, 2.05) is 30.7 Å². The second-order valence-electron chi connectivity index (χ2n) is 5.23. The van der Waals surface area contributed by atoms with Gasteiger partial charge in [-0.05, 0) is 32.3 Å². The molecule has 0 aliphatic carbocycles. The van der Waals surface area contributed by atoms with Crippen LogP contribution in [-0.4, -0.2) is 15.7 Å². The summed E-state index contributed by atoms with van der Waals surface area (Å²) in [6, 6.07) is 3.86. The molecule has 3 heterocycles. The van der Waals surface area contributed by atoms with Crippen LogP contribution >= 0.6 is 0 Å². The highest BCUT2D eigenvalue weighted by molar-refractivity contribution is 6.02. The number of fused-ring (bicyclic) bond motifs is 1. The van der Waals surface area contributed by atoms with Crippen molar-refractivity contribution in [3.8, 4) is 0 Å². The maximum Gasteiger partial charge on any atom is 0.292 e. The smallest absolute Gasteiger partial charge is 0.292 e. The van der Waals surface area contributed by atoms with Gasteiger partial charge in [-0.3, -0.25) is 9.48 Å². The zero-order valence-electron chi connectivity index (χ0n) is 11.9. The van der Waals surface area contributed by atoms with Crippen LogP contribution in [0.4, 0.5) is 5.82 Å². The molecule has 0 unspecified atom stereocenters. The molecule has 5 heteroatoms. The van der Waals surface area contributed by atoms with Crippen LogP contribution in [0.3, 0.4) is 0 Å². The van der Waals surface area contributed by atoms with E-state index in [1.54, 1.807) is 0 Å². The van der Waals surface area contributed by atoms with E-state index in [0.717, 1.165) is 37.1 Å². The van der Waals surface area contributed by atoms with Crippen molar-refractivity contribution in [2.45, 2.75) is 46.1 Å². The van der Waals surface area contributed by atoms with Crippen LogP contribution in [0.5, 0.6) is 0 Å². The SMILES string of the molecule is CCc1cc(C)c(C(=O)Nc2cc3n(n2)CCCC3)o1. The predicted molar refractivity (Wildman–Crippen MR) is 75.9 cm³/mol. The van der Waals surface area contributed by atoms with Gasteiger partial charge in [-0.1, -0.05) is 6.92 Å². The minimum atomic E-state index is -0.224.